The van der Waals surface area contributed by atoms with Gasteiger partial charge in [0.05, 0.1) is 19.3 Å². The molecule has 3 aromatic rings. The molecule has 1 fully saturated rings. The van der Waals surface area contributed by atoms with E-state index in [1.807, 2.05) is 26.0 Å². The highest BCUT2D eigenvalue weighted by Gasteiger charge is 2.34. The predicted molar refractivity (Wildman–Crippen MR) is 113 cm³/mol. The normalized spacial score (nSPS) is 20.2. The molecule has 4 heterocycles. The molecule has 0 spiro atoms. The molecule has 1 atom stereocenters. The third kappa shape index (κ3) is 3.61. The zero-order valence-corrected chi connectivity index (χ0v) is 17.5. The molecule has 7 heteroatoms. The Morgan fingerprint density at radius 1 is 1.14 bits per heavy atom. The summed E-state index contributed by atoms with van der Waals surface area (Å²) in [5.41, 5.74) is 5.70. The molecule has 6 nitrogen and oxygen atoms in total. The van der Waals surface area contributed by atoms with Crippen LogP contribution in [0.3, 0.4) is 0 Å². The molecule has 2 aromatic heterocycles. The number of hydrogen-bond donors (Lipinski definition) is 1. The lowest BCUT2D eigenvalue weighted by Gasteiger charge is -2.38. The van der Waals surface area contributed by atoms with Gasteiger partial charge in [0.1, 0.15) is 6.79 Å². The summed E-state index contributed by atoms with van der Waals surface area (Å²) in [6.45, 7) is 6.75. The van der Waals surface area contributed by atoms with Crippen LogP contribution in [0.5, 0.6) is 0 Å². The van der Waals surface area contributed by atoms with Crippen molar-refractivity contribution in [1.82, 2.24) is 15.0 Å². The second-order valence-corrected chi connectivity index (χ2v) is 8.51. The summed E-state index contributed by atoms with van der Waals surface area (Å²) in [5.74, 6) is 1.13. The van der Waals surface area contributed by atoms with Gasteiger partial charge in [-0.3, -0.25) is 0 Å². The number of aromatic nitrogens is 3. The Labute approximate surface area is 175 Å². The first-order chi connectivity index (χ1) is 14.1. The number of fused-ring (bicyclic) bond motifs is 3. The Bertz CT molecular complexity index is 1020. The second-order valence-electron chi connectivity index (χ2n) is 8.08. The lowest BCUT2D eigenvalue weighted by Crippen LogP contribution is -2.39. The molecule has 0 amide bonds. The highest BCUT2D eigenvalue weighted by molar-refractivity contribution is 6.31. The molecule has 0 unspecified atom stereocenters. The molecule has 2 aliphatic heterocycles. The molecule has 1 saturated heterocycles. The maximum absolute atomic E-state index is 6.29. The number of ether oxygens (including phenoxy) is 2. The van der Waals surface area contributed by atoms with E-state index in [4.69, 9.17) is 31.0 Å². The molecule has 1 N–H and O–H groups in total. The molecule has 1 aromatic carbocycles. The van der Waals surface area contributed by atoms with Gasteiger partial charge in [0, 0.05) is 45.5 Å². The number of anilines is 1. The fourth-order valence-corrected chi connectivity index (χ4v) is 4.82. The summed E-state index contributed by atoms with van der Waals surface area (Å²) in [6.07, 6.45) is 1.85. The molecular formula is C22H25ClN4O2. The van der Waals surface area contributed by atoms with Gasteiger partial charge in [0.2, 0.25) is 5.95 Å². The maximum atomic E-state index is 6.29. The maximum Gasteiger partial charge on any atom is 0.226 e. The first-order valence-electron chi connectivity index (χ1n) is 10.1. The van der Waals surface area contributed by atoms with Crippen molar-refractivity contribution in [2.45, 2.75) is 32.7 Å². The Balaban J connectivity index is 1.59. The fourth-order valence-electron chi connectivity index (χ4n) is 4.65. The van der Waals surface area contributed by atoms with Crippen LogP contribution < -0.4 is 4.90 Å². The van der Waals surface area contributed by atoms with E-state index in [0.717, 1.165) is 60.5 Å². The number of benzene rings is 1. The number of hydrogen-bond acceptors (Lipinski definition) is 5. The standard InChI is InChI=1S/C22H25ClN4O2/c1-13-7-14(2)25-22(24-13)27-6-5-17-18-9-16(23)3-4-19(18)26-21(17)20(27)8-15-10-28-12-29-11-15/h3-4,7,9,15,20,26H,5-6,8,10-12H2,1-2H3/t20-/m0/s1. The number of H-pyrrole nitrogens is 1. The molecule has 0 radical (unpaired) electrons. The number of halogens is 1. The van der Waals surface area contributed by atoms with Crippen molar-refractivity contribution in [3.8, 4) is 0 Å². The lowest BCUT2D eigenvalue weighted by atomic mass is 9.90. The Kier molecular flexibility index (Phi) is 4.94. The number of nitrogens with zero attached hydrogens (tertiary/aromatic N) is 3. The van der Waals surface area contributed by atoms with Crippen molar-refractivity contribution in [2.75, 3.05) is 31.5 Å². The first kappa shape index (κ1) is 18.9. The van der Waals surface area contributed by atoms with Crippen molar-refractivity contribution in [1.29, 1.82) is 0 Å². The van der Waals surface area contributed by atoms with Crippen LogP contribution in [-0.2, 0) is 15.9 Å². The number of nitrogens with one attached hydrogen (secondary N) is 1. The quantitative estimate of drug-likeness (QED) is 0.693. The van der Waals surface area contributed by atoms with Crippen LogP contribution in [0.15, 0.2) is 24.3 Å². The van der Waals surface area contributed by atoms with Crippen LogP contribution in [0.4, 0.5) is 5.95 Å². The molecular weight excluding hydrogens is 388 g/mol. The third-order valence-corrected chi connectivity index (χ3v) is 6.11. The minimum absolute atomic E-state index is 0.140. The van der Waals surface area contributed by atoms with E-state index in [9.17, 15) is 0 Å². The van der Waals surface area contributed by atoms with E-state index in [-0.39, 0.29) is 6.04 Å². The number of aryl methyl sites for hydroxylation is 2. The van der Waals surface area contributed by atoms with Crippen molar-refractivity contribution in [3.05, 3.63) is 51.9 Å². The summed E-state index contributed by atoms with van der Waals surface area (Å²) in [6, 6.07) is 8.23. The Hall–Kier alpha value is -2.15. The van der Waals surface area contributed by atoms with E-state index in [2.05, 4.69) is 22.0 Å². The fraction of sp³-hybridized carbons (Fsp3) is 0.455. The van der Waals surface area contributed by atoms with Gasteiger partial charge in [0.15, 0.2) is 0 Å². The molecule has 0 saturated carbocycles. The largest absolute Gasteiger partial charge is 0.356 e. The number of aromatic amines is 1. The smallest absolute Gasteiger partial charge is 0.226 e. The molecule has 0 aliphatic carbocycles. The van der Waals surface area contributed by atoms with Crippen molar-refractivity contribution >= 4 is 28.5 Å². The van der Waals surface area contributed by atoms with E-state index in [1.165, 1.54) is 16.6 Å². The van der Waals surface area contributed by atoms with Crippen LogP contribution >= 0.6 is 11.6 Å². The summed E-state index contributed by atoms with van der Waals surface area (Å²) < 4.78 is 11.1. The van der Waals surface area contributed by atoms with Crippen molar-refractivity contribution in [2.24, 2.45) is 5.92 Å². The monoisotopic (exact) mass is 412 g/mol. The van der Waals surface area contributed by atoms with E-state index in [0.29, 0.717) is 12.7 Å². The van der Waals surface area contributed by atoms with E-state index >= 15 is 0 Å². The zero-order valence-electron chi connectivity index (χ0n) is 16.7. The summed E-state index contributed by atoms with van der Waals surface area (Å²) in [5, 5.41) is 1.99. The Morgan fingerprint density at radius 2 is 1.90 bits per heavy atom. The highest BCUT2D eigenvalue weighted by Crippen LogP contribution is 2.40. The van der Waals surface area contributed by atoms with Crippen LogP contribution in [0.25, 0.3) is 10.9 Å². The van der Waals surface area contributed by atoms with Gasteiger partial charge < -0.3 is 19.4 Å². The van der Waals surface area contributed by atoms with Crippen LogP contribution in [0, 0.1) is 19.8 Å². The average molecular weight is 413 g/mol. The van der Waals surface area contributed by atoms with Gasteiger partial charge in [-0.2, -0.15) is 0 Å². The molecule has 2 aliphatic rings. The van der Waals surface area contributed by atoms with E-state index < -0.39 is 0 Å². The topological polar surface area (TPSA) is 63.3 Å². The van der Waals surface area contributed by atoms with Crippen molar-refractivity contribution in [3.63, 3.8) is 0 Å². The molecule has 152 valence electrons. The minimum atomic E-state index is 0.140. The molecule has 0 bridgehead atoms. The summed E-state index contributed by atoms with van der Waals surface area (Å²) >= 11 is 6.29. The van der Waals surface area contributed by atoms with Gasteiger partial charge in [-0.25, -0.2) is 9.97 Å². The second kappa shape index (κ2) is 7.59. The first-order valence-corrected chi connectivity index (χ1v) is 10.5. The van der Waals surface area contributed by atoms with E-state index in [1.54, 1.807) is 0 Å². The summed E-state index contributed by atoms with van der Waals surface area (Å²) in [4.78, 5) is 15.5. The SMILES string of the molecule is Cc1cc(C)nc(N2CCc3c([nH]c4ccc(Cl)cc34)[C@@H]2CC2COCOC2)n1. The highest BCUT2D eigenvalue weighted by atomic mass is 35.5. The van der Waals surface area contributed by atoms with Crippen LogP contribution in [0.2, 0.25) is 5.02 Å². The van der Waals surface area contributed by atoms with Gasteiger partial charge in [0.25, 0.3) is 0 Å². The van der Waals surface area contributed by atoms with Crippen molar-refractivity contribution < 1.29 is 9.47 Å². The minimum Gasteiger partial charge on any atom is -0.356 e. The molecule has 29 heavy (non-hydrogen) atoms. The van der Waals surface area contributed by atoms with Gasteiger partial charge in [-0.15, -0.1) is 0 Å². The summed E-state index contributed by atoms with van der Waals surface area (Å²) in [7, 11) is 0. The lowest BCUT2D eigenvalue weighted by molar-refractivity contribution is -0.128. The average Bonchev–Trinajstić information content (AvgIpc) is 3.06. The van der Waals surface area contributed by atoms with Crippen LogP contribution in [0.1, 0.15) is 35.1 Å². The zero-order chi connectivity index (χ0) is 20.0. The Morgan fingerprint density at radius 3 is 2.66 bits per heavy atom. The molecule has 5 rings (SSSR count). The van der Waals surface area contributed by atoms with Crippen LogP contribution in [-0.4, -0.2) is 41.5 Å². The van der Waals surface area contributed by atoms with Gasteiger partial charge in [-0.05, 0) is 56.5 Å². The van der Waals surface area contributed by atoms with Gasteiger partial charge in [-0.1, -0.05) is 11.6 Å². The predicted octanol–water partition coefficient (Wildman–Crippen LogP) is 4.34. The number of rotatable bonds is 3. The van der Waals surface area contributed by atoms with Gasteiger partial charge >= 0.3 is 0 Å². The third-order valence-electron chi connectivity index (χ3n) is 5.87.